The minimum Gasteiger partial charge on any atom is -0.333 e. The molecule has 3 N–H and O–H groups in total. The molecule has 122 valence electrons. The van der Waals surface area contributed by atoms with Gasteiger partial charge in [0.1, 0.15) is 6.04 Å². The summed E-state index contributed by atoms with van der Waals surface area (Å²) in [6, 6.07) is 9.47. The van der Waals surface area contributed by atoms with Gasteiger partial charge in [0.15, 0.2) is 18.2 Å². The third kappa shape index (κ3) is 4.60. The zero-order valence-electron chi connectivity index (χ0n) is 13.5. The van der Waals surface area contributed by atoms with Crippen LogP contribution in [0, 0.1) is 25.5 Å². The Morgan fingerprint density at radius 1 is 1.13 bits per heavy atom. The van der Waals surface area contributed by atoms with E-state index in [0.717, 1.165) is 22.9 Å². The van der Waals surface area contributed by atoms with E-state index in [1.807, 2.05) is 39.0 Å². The summed E-state index contributed by atoms with van der Waals surface area (Å²) in [6.07, 6.45) is 0. The zero-order chi connectivity index (χ0) is 17.0. The van der Waals surface area contributed by atoms with Crippen LogP contribution in [0.2, 0.25) is 0 Å². The molecule has 0 saturated carbocycles. The largest absolute Gasteiger partial charge is 0.333 e. The first kappa shape index (κ1) is 17.1. The van der Waals surface area contributed by atoms with Gasteiger partial charge in [-0.05, 0) is 50.6 Å². The SMILES string of the molecule is Cc1ccc(NC(=O)C[NH2+][C@H](C)c2ccc(F)c(F)c2)c(C)c1. The number of halogens is 2. The number of amides is 1. The lowest BCUT2D eigenvalue weighted by molar-refractivity contribution is -0.682. The Morgan fingerprint density at radius 2 is 1.87 bits per heavy atom. The molecule has 2 rings (SSSR count). The summed E-state index contributed by atoms with van der Waals surface area (Å²) < 4.78 is 26.2. The minimum atomic E-state index is -0.873. The van der Waals surface area contributed by atoms with Gasteiger partial charge >= 0.3 is 0 Å². The molecule has 1 amide bonds. The molecular weight excluding hydrogens is 298 g/mol. The van der Waals surface area contributed by atoms with Gasteiger partial charge < -0.3 is 10.6 Å². The Balaban J connectivity index is 1.91. The van der Waals surface area contributed by atoms with Crippen LogP contribution < -0.4 is 10.6 Å². The Labute approximate surface area is 134 Å². The number of hydrogen-bond acceptors (Lipinski definition) is 1. The minimum absolute atomic E-state index is 0.133. The summed E-state index contributed by atoms with van der Waals surface area (Å²) in [6.45, 7) is 5.98. The maximum absolute atomic E-state index is 13.2. The average molecular weight is 319 g/mol. The Hall–Kier alpha value is -2.27. The second-order valence-electron chi connectivity index (χ2n) is 5.77. The van der Waals surface area contributed by atoms with E-state index in [4.69, 9.17) is 0 Å². The molecular formula is C18H21F2N2O+. The number of rotatable bonds is 5. The van der Waals surface area contributed by atoms with Crippen LogP contribution in [0.5, 0.6) is 0 Å². The van der Waals surface area contributed by atoms with E-state index in [9.17, 15) is 13.6 Å². The van der Waals surface area contributed by atoms with Gasteiger partial charge in [0.25, 0.3) is 5.91 Å². The lowest BCUT2D eigenvalue weighted by Crippen LogP contribution is -2.86. The van der Waals surface area contributed by atoms with E-state index in [1.165, 1.54) is 12.1 Å². The smallest absolute Gasteiger partial charge is 0.279 e. The molecule has 0 aliphatic rings. The number of benzene rings is 2. The van der Waals surface area contributed by atoms with Crippen LogP contribution in [0.25, 0.3) is 0 Å². The van der Waals surface area contributed by atoms with Crippen molar-refractivity contribution >= 4 is 11.6 Å². The fraction of sp³-hybridized carbons (Fsp3) is 0.278. The summed E-state index contributed by atoms with van der Waals surface area (Å²) in [5.74, 6) is -1.87. The van der Waals surface area contributed by atoms with Crippen LogP contribution >= 0.6 is 0 Å². The molecule has 0 heterocycles. The Bertz CT molecular complexity index is 716. The fourth-order valence-electron chi connectivity index (χ4n) is 2.37. The highest BCUT2D eigenvalue weighted by Crippen LogP contribution is 2.16. The van der Waals surface area contributed by atoms with Crippen LogP contribution in [-0.4, -0.2) is 12.5 Å². The van der Waals surface area contributed by atoms with Gasteiger partial charge in [-0.25, -0.2) is 8.78 Å². The van der Waals surface area contributed by atoms with Crippen molar-refractivity contribution in [3.8, 4) is 0 Å². The summed E-state index contributed by atoms with van der Waals surface area (Å²) in [7, 11) is 0. The van der Waals surface area contributed by atoms with Crippen molar-refractivity contribution in [1.29, 1.82) is 0 Å². The van der Waals surface area contributed by atoms with Crippen LogP contribution in [0.4, 0.5) is 14.5 Å². The standard InChI is InChI=1S/C18H20F2N2O/c1-11-4-7-17(12(2)8-11)22-18(23)10-21-13(3)14-5-6-15(19)16(20)9-14/h4-9,13,21H,10H2,1-3H3,(H,22,23)/p+1/t13-/m1/s1. The van der Waals surface area contributed by atoms with Crippen molar-refractivity contribution in [3.05, 3.63) is 64.7 Å². The number of anilines is 1. The zero-order valence-corrected chi connectivity index (χ0v) is 13.5. The highest BCUT2D eigenvalue weighted by atomic mass is 19.2. The molecule has 0 aromatic heterocycles. The lowest BCUT2D eigenvalue weighted by atomic mass is 10.1. The van der Waals surface area contributed by atoms with E-state index < -0.39 is 11.6 Å². The summed E-state index contributed by atoms with van der Waals surface area (Å²) in [5, 5.41) is 4.64. The van der Waals surface area contributed by atoms with Gasteiger partial charge in [-0.1, -0.05) is 17.7 Å². The molecule has 0 saturated heterocycles. The van der Waals surface area contributed by atoms with Gasteiger partial charge in [0.05, 0.1) is 0 Å². The maximum Gasteiger partial charge on any atom is 0.279 e. The summed E-state index contributed by atoms with van der Waals surface area (Å²) in [5.41, 5.74) is 3.57. The summed E-state index contributed by atoms with van der Waals surface area (Å²) in [4.78, 5) is 12.0. The van der Waals surface area contributed by atoms with E-state index in [-0.39, 0.29) is 18.5 Å². The van der Waals surface area contributed by atoms with Crippen molar-refractivity contribution < 1.29 is 18.9 Å². The molecule has 0 unspecified atom stereocenters. The normalized spacial score (nSPS) is 12.0. The third-order valence-electron chi connectivity index (χ3n) is 3.78. The molecule has 0 aliphatic carbocycles. The third-order valence-corrected chi connectivity index (χ3v) is 3.78. The molecule has 0 spiro atoms. The molecule has 5 heteroatoms. The topological polar surface area (TPSA) is 45.7 Å². The van der Waals surface area contributed by atoms with Gasteiger partial charge in [0, 0.05) is 11.3 Å². The monoisotopic (exact) mass is 319 g/mol. The predicted octanol–water partition coefficient (Wildman–Crippen LogP) is 2.84. The molecule has 23 heavy (non-hydrogen) atoms. The van der Waals surface area contributed by atoms with Gasteiger partial charge in [0.2, 0.25) is 0 Å². The number of quaternary nitrogens is 1. The van der Waals surface area contributed by atoms with E-state index in [2.05, 4.69) is 5.32 Å². The van der Waals surface area contributed by atoms with Gasteiger partial charge in [-0.3, -0.25) is 4.79 Å². The molecule has 3 nitrogen and oxygen atoms in total. The van der Waals surface area contributed by atoms with Crippen LogP contribution in [0.3, 0.4) is 0 Å². The first-order chi connectivity index (χ1) is 10.9. The van der Waals surface area contributed by atoms with E-state index >= 15 is 0 Å². The first-order valence-electron chi connectivity index (χ1n) is 7.52. The average Bonchev–Trinajstić information content (AvgIpc) is 2.50. The number of nitrogens with one attached hydrogen (secondary N) is 1. The van der Waals surface area contributed by atoms with Crippen molar-refractivity contribution in [2.45, 2.75) is 26.8 Å². The second kappa shape index (κ2) is 7.33. The lowest BCUT2D eigenvalue weighted by Gasteiger charge is -2.12. The molecule has 0 bridgehead atoms. The van der Waals surface area contributed by atoms with Crippen molar-refractivity contribution in [1.82, 2.24) is 0 Å². The van der Waals surface area contributed by atoms with Crippen molar-refractivity contribution in [2.24, 2.45) is 0 Å². The highest BCUT2D eigenvalue weighted by Gasteiger charge is 2.14. The molecule has 1 atom stereocenters. The summed E-state index contributed by atoms with van der Waals surface area (Å²) >= 11 is 0. The quantitative estimate of drug-likeness (QED) is 0.874. The highest BCUT2D eigenvalue weighted by molar-refractivity contribution is 5.92. The van der Waals surface area contributed by atoms with Crippen LogP contribution in [0.15, 0.2) is 36.4 Å². The number of aryl methyl sites for hydroxylation is 2. The fourth-order valence-corrected chi connectivity index (χ4v) is 2.37. The molecule has 0 fully saturated rings. The molecule has 0 aliphatic heterocycles. The van der Waals surface area contributed by atoms with Gasteiger partial charge in [-0.2, -0.15) is 0 Å². The Morgan fingerprint density at radius 3 is 2.52 bits per heavy atom. The Kier molecular flexibility index (Phi) is 5.45. The van der Waals surface area contributed by atoms with Crippen molar-refractivity contribution in [2.75, 3.05) is 11.9 Å². The maximum atomic E-state index is 13.2. The van der Waals surface area contributed by atoms with E-state index in [0.29, 0.717) is 5.56 Å². The molecule has 0 radical (unpaired) electrons. The molecule has 2 aromatic carbocycles. The van der Waals surface area contributed by atoms with E-state index in [1.54, 1.807) is 5.32 Å². The predicted molar refractivity (Wildman–Crippen MR) is 86.1 cm³/mol. The number of nitrogens with two attached hydrogens (primary N) is 1. The number of carbonyl (C=O) groups excluding carboxylic acids is 1. The molecule has 2 aromatic rings. The van der Waals surface area contributed by atoms with Crippen molar-refractivity contribution in [3.63, 3.8) is 0 Å². The first-order valence-corrected chi connectivity index (χ1v) is 7.52. The second-order valence-corrected chi connectivity index (χ2v) is 5.77. The van der Waals surface area contributed by atoms with Crippen LogP contribution in [0.1, 0.15) is 29.7 Å². The number of carbonyl (C=O) groups is 1. The van der Waals surface area contributed by atoms with Crippen LogP contribution in [-0.2, 0) is 4.79 Å². The van der Waals surface area contributed by atoms with Gasteiger partial charge in [-0.15, -0.1) is 0 Å². The number of hydrogen-bond donors (Lipinski definition) is 2.